The molecule has 0 saturated heterocycles. The van der Waals surface area contributed by atoms with Crippen molar-refractivity contribution >= 4 is 23.2 Å². The summed E-state index contributed by atoms with van der Waals surface area (Å²) < 4.78 is 11.3. The van der Waals surface area contributed by atoms with Crippen LogP contribution in [0.15, 0.2) is 60.9 Å². The average Bonchev–Trinajstić information content (AvgIpc) is 2.52. The summed E-state index contributed by atoms with van der Waals surface area (Å²) in [7, 11) is 0. The molecule has 3 rings (SSSR count). The van der Waals surface area contributed by atoms with Crippen molar-refractivity contribution in [3.05, 3.63) is 71.0 Å². The third-order valence-electron chi connectivity index (χ3n) is 2.66. The molecule has 0 aliphatic carbocycles. The van der Waals surface area contributed by atoms with E-state index in [1.165, 1.54) is 12.4 Å². The van der Waals surface area contributed by atoms with E-state index in [1.54, 1.807) is 36.4 Å². The minimum Gasteiger partial charge on any atom is -0.457 e. The summed E-state index contributed by atoms with van der Waals surface area (Å²) in [6.45, 7) is 0. The molecule has 6 heteroatoms. The van der Waals surface area contributed by atoms with Crippen molar-refractivity contribution in [2.24, 2.45) is 0 Å². The highest BCUT2D eigenvalue weighted by Crippen LogP contribution is 2.27. The van der Waals surface area contributed by atoms with E-state index in [4.69, 9.17) is 32.7 Å². The van der Waals surface area contributed by atoms with Crippen LogP contribution in [0.5, 0.6) is 23.3 Å². The van der Waals surface area contributed by atoms with Crippen LogP contribution in [0, 0.1) is 0 Å². The van der Waals surface area contributed by atoms with Crippen molar-refractivity contribution in [2.45, 2.75) is 0 Å². The molecule has 0 aliphatic heterocycles. The van der Waals surface area contributed by atoms with Crippen molar-refractivity contribution in [3.8, 4) is 23.3 Å². The Labute approximate surface area is 137 Å². The lowest BCUT2D eigenvalue weighted by Gasteiger charge is -2.08. The normalized spacial score (nSPS) is 10.3. The quantitative estimate of drug-likeness (QED) is 0.644. The SMILES string of the molecule is Clc1ccc(Oc2cccc(Oc3ncc(Cl)cn3)c2)cc1. The molecule has 0 amide bonds. The first-order valence-electron chi connectivity index (χ1n) is 6.38. The minimum absolute atomic E-state index is 0.216. The Kier molecular flexibility index (Phi) is 4.42. The summed E-state index contributed by atoms with van der Waals surface area (Å²) in [5.41, 5.74) is 0. The maximum atomic E-state index is 5.84. The third-order valence-corrected chi connectivity index (χ3v) is 3.11. The second kappa shape index (κ2) is 6.64. The van der Waals surface area contributed by atoms with Crippen molar-refractivity contribution in [1.29, 1.82) is 0 Å². The molecular weight excluding hydrogens is 323 g/mol. The van der Waals surface area contributed by atoms with E-state index in [1.807, 2.05) is 12.1 Å². The molecule has 2 aromatic carbocycles. The molecule has 0 bridgehead atoms. The fourth-order valence-electron chi connectivity index (χ4n) is 1.70. The molecule has 4 nitrogen and oxygen atoms in total. The Hall–Kier alpha value is -2.30. The zero-order chi connectivity index (χ0) is 15.4. The Bertz CT molecular complexity index is 699. The summed E-state index contributed by atoms with van der Waals surface area (Å²) in [6.07, 6.45) is 2.94. The summed E-state index contributed by atoms with van der Waals surface area (Å²) >= 11 is 11.6. The summed E-state index contributed by atoms with van der Waals surface area (Å²) in [4.78, 5) is 7.95. The largest absolute Gasteiger partial charge is 0.457 e. The van der Waals surface area contributed by atoms with Crippen LogP contribution in [-0.4, -0.2) is 9.97 Å². The van der Waals surface area contributed by atoms with Gasteiger partial charge in [-0.2, -0.15) is 0 Å². The molecular formula is C16H10Cl2N2O2. The number of ether oxygens (including phenoxy) is 2. The van der Waals surface area contributed by atoms with Crippen LogP contribution >= 0.6 is 23.2 Å². The van der Waals surface area contributed by atoms with Crippen molar-refractivity contribution in [1.82, 2.24) is 9.97 Å². The smallest absolute Gasteiger partial charge is 0.321 e. The summed E-state index contributed by atoms with van der Waals surface area (Å²) in [5, 5.41) is 1.11. The Morgan fingerprint density at radius 1 is 0.682 bits per heavy atom. The van der Waals surface area contributed by atoms with Gasteiger partial charge in [0.05, 0.1) is 17.4 Å². The maximum absolute atomic E-state index is 5.84. The first-order valence-corrected chi connectivity index (χ1v) is 7.13. The molecule has 0 radical (unpaired) electrons. The van der Waals surface area contributed by atoms with Crippen LogP contribution in [-0.2, 0) is 0 Å². The molecule has 1 heterocycles. The van der Waals surface area contributed by atoms with Gasteiger partial charge in [0.2, 0.25) is 0 Å². The zero-order valence-electron chi connectivity index (χ0n) is 11.2. The standard InChI is InChI=1S/C16H10Cl2N2O2/c17-11-4-6-13(7-5-11)21-14-2-1-3-15(8-14)22-16-19-9-12(18)10-20-16/h1-10H. The maximum Gasteiger partial charge on any atom is 0.321 e. The Morgan fingerprint density at radius 3 is 2.00 bits per heavy atom. The fraction of sp³-hybridized carbons (Fsp3) is 0. The van der Waals surface area contributed by atoms with E-state index in [0.29, 0.717) is 27.3 Å². The molecule has 0 aliphatic rings. The predicted octanol–water partition coefficient (Wildman–Crippen LogP) is 5.37. The van der Waals surface area contributed by atoms with Gasteiger partial charge in [-0.3, -0.25) is 0 Å². The molecule has 0 fully saturated rings. The third kappa shape index (κ3) is 3.87. The van der Waals surface area contributed by atoms with E-state index < -0.39 is 0 Å². The highest BCUT2D eigenvalue weighted by molar-refractivity contribution is 6.30. The van der Waals surface area contributed by atoms with Crippen molar-refractivity contribution in [3.63, 3.8) is 0 Å². The van der Waals surface area contributed by atoms with Gasteiger partial charge in [-0.05, 0) is 36.4 Å². The molecule has 110 valence electrons. The first kappa shape index (κ1) is 14.6. The van der Waals surface area contributed by atoms with E-state index in [2.05, 4.69) is 9.97 Å². The van der Waals surface area contributed by atoms with Crippen molar-refractivity contribution in [2.75, 3.05) is 0 Å². The summed E-state index contributed by atoms with van der Waals surface area (Å²) in [6, 6.07) is 14.5. The zero-order valence-corrected chi connectivity index (χ0v) is 12.8. The molecule has 3 aromatic rings. The molecule has 0 unspecified atom stereocenters. The monoisotopic (exact) mass is 332 g/mol. The van der Waals surface area contributed by atoms with E-state index in [-0.39, 0.29) is 6.01 Å². The van der Waals surface area contributed by atoms with Crippen LogP contribution in [0.4, 0.5) is 0 Å². The van der Waals surface area contributed by atoms with Crippen LogP contribution in [0.25, 0.3) is 0 Å². The van der Waals surface area contributed by atoms with E-state index >= 15 is 0 Å². The van der Waals surface area contributed by atoms with Gasteiger partial charge in [-0.15, -0.1) is 0 Å². The van der Waals surface area contributed by atoms with Crippen LogP contribution < -0.4 is 9.47 Å². The molecule has 0 atom stereocenters. The van der Waals surface area contributed by atoms with Gasteiger partial charge >= 0.3 is 6.01 Å². The summed E-state index contributed by atoms with van der Waals surface area (Å²) in [5.74, 6) is 1.88. The minimum atomic E-state index is 0.216. The number of rotatable bonds is 4. The number of halogens is 2. The number of hydrogen-bond donors (Lipinski definition) is 0. The lowest BCUT2D eigenvalue weighted by molar-refractivity contribution is 0.433. The topological polar surface area (TPSA) is 44.2 Å². The molecule has 22 heavy (non-hydrogen) atoms. The van der Waals surface area contributed by atoms with Crippen molar-refractivity contribution < 1.29 is 9.47 Å². The number of hydrogen-bond acceptors (Lipinski definition) is 4. The van der Waals surface area contributed by atoms with E-state index in [0.717, 1.165) is 0 Å². The Morgan fingerprint density at radius 2 is 1.32 bits per heavy atom. The van der Waals surface area contributed by atoms with Gasteiger partial charge in [0.1, 0.15) is 17.2 Å². The highest BCUT2D eigenvalue weighted by atomic mass is 35.5. The second-order valence-electron chi connectivity index (χ2n) is 4.32. The van der Waals surface area contributed by atoms with Crippen LogP contribution in [0.1, 0.15) is 0 Å². The number of nitrogens with zero attached hydrogens (tertiary/aromatic N) is 2. The van der Waals surface area contributed by atoms with Gasteiger partial charge in [-0.1, -0.05) is 29.3 Å². The lowest BCUT2D eigenvalue weighted by Crippen LogP contribution is -1.91. The van der Waals surface area contributed by atoms with Gasteiger partial charge in [-0.25, -0.2) is 9.97 Å². The van der Waals surface area contributed by atoms with Gasteiger partial charge in [0, 0.05) is 11.1 Å². The van der Waals surface area contributed by atoms with Gasteiger partial charge in [0.25, 0.3) is 0 Å². The second-order valence-corrected chi connectivity index (χ2v) is 5.19. The van der Waals surface area contributed by atoms with Crippen LogP contribution in [0.2, 0.25) is 10.0 Å². The molecule has 0 spiro atoms. The van der Waals surface area contributed by atoms with Gasteiger partial charge in [0.15, 0.2) is 0 Å². The predicted molar refractivity (Wildman–Crippen MR) is 85.1 cm³/mol. The van der Waals surface area contributed by atoms with E-state index in [9.17, 15) is 0 Å². The molecule has 0 saturated carbocycles. The number of aromatic nitrogens is 2. The molecule has 0 N–H and O–H groups in total. The highest BCUT2D eigenvalue weighted by Gasteiger charge is 2.03. The van der Waals surface area contributed by atoms with Crippen LogP contribution in [0.3, 0.4) is 0 Å². The molecule has 1 aromatic heterocycles. The lowest BCUT2D eigenvalue weighted by atomic mass is 10.3. The average molecular weight is 333 g/mol. The first-order chi connectivity index (χ1) is 10.7. The van der Waals surface area contributed by atoms with Gasteiger partial charge < -0.3 is 9.47 Å². The number of benzene rings is 2. The fourth-order valence-corrected chi connectivity index (χ4v) is 1.92. The Balaban J connectivity index is 1.74.